The first kappa shape index (κ1) is 16.1. The molecule has 0 fully saturated rings. The van der Waals surface area contributed by atoms with Crippen molar-refractivity contribution in [2.75, 3.05) is 5.73 Å². The number of rotatable bonds is 4. The van der Waals surface area contributed by atoms with Gasteiger partial charge in [-0.25, -0.2) is 4.98 Å². The Hall–Kier alpha value is -2.76. The van der Waals surface area contributed by atoms with E-state index in [-0.39, 0.29) is 12.0 Å². The normalized spacial score (nSPS) is 11.6. The zero-order valence-corrected chi connectivity index (χ0v) is 12.8. The minimum atomic E-state index is -4.38. The van der Waals surface area contributed by atoms with Gasteiger partial charge in [0.05, 0.1) is 12.1 Å². The monoisotopic (exact) mass is 331 g/mol. The van der Waals surface area contributed by atoms with Crippen molar-refractivity contribution in [3.05, 3.63) is 83.4 Å². The molecule has 0 aliphatic heterocycles. The van der Waals surface area contributed by atoms with Crippen LogP contribution in [0.4, 0.5) is 18.9 Å². The number of nitrogen functional groups attached to an aromatic ring is 1. The van der Waals surface area contributed by atoms with Crippen LogP contribution >= 0.6 is 0 Å². The number of nitrogens with two attached hydrogens (primary N) is 1. The smallest absolute Gasteiger partial charge is 0.398 e. The number of para-hydroxylation sites is 1. The summed E-state index contributed by atoms with van der Waals surface area (Å²) >= 11 is 0. The lowest BCUT2D eigenvalue weighted by Gasteiger charge is -2.14. The molecule has 0 aliphatic carbocycles. The van der Waals surface area contributed by atoms with Crippen LogP contribution in [-0.2, 0) is 19.1 Å². The molecule has 24 heavy (non-hydrogen) atoms. The third-order valence-electron chi connectivity index (χ3n) is 3.87. The highest BCUT2D eigenvalue weighted by Crippen LogP contribution is 2.32. The Balaban J connectivity index is 1.89. The van der Waals surface area contributed by atoms with Crippen LogP contribution in [0.5, 0.6) is 0 Å². The van der Waals surface area contributed by atoms with Crippen LogP contribution in [-0.4, -0.2) is 9.55 Å². The van der Waals surface area contributed by atoms with Crippen LogP contribution in [0.15, 0.2) is 60.9 Å². The van der Waals surface area contributed by atoms with Crippen molar-refractivity contribution in [2.45, 2.75) is 19.1 Å². The van der Waals surface area contributed by atoms with Crippen molar-refractivity contribution >= 4 is 5.69 Å². The molecule has 6 heteroatoms. The highest BCUT2D eigenvalue weighted by Gasteiger charge is 2.33. The summed E-state index contributed by atoms with van der Waals surface area (Å²) in [6, 6.07) is 13.0. The third-order valence-corrected chi connectivity index (χ3v) is 3.87. The van der Waals surface area contributed by atoms with Gasteiger partial charge in [-0.2, -0.15) is 13.2 Å². The van der Waals surface area contributed by atoms with Crippen LogP contribution < -0.4 is 5.73 Å². The van der Waals surface area contributed by atoms with Crippen molar-refractivity contribution in [1.82, 2.24) is 9.55 Å². The highest BCUT2D eigenvalue weighted by atomic mass is 19.4. The fourth-order valence-corrected chi connectivity index (χ4v) is 2.63. The first-order chi connectivity index (χ1) is 11.4. The summed E-state index contributed by atoms with van der Waals surface area (Å²) in [4.78, 5) is 4.22. The zero-order chi connectivity index (χ0) is 17.2. The average molecular weight is 331 g/mol. The molecule has 3 aromatic rings. The Bertz CT molecular complexity index is 837. The Morgan fingerprint density at radius 1 is 0.958 bits per heavy atom. The lowest BCUT2D eigenvalue weighted by atomic mass is 10.0. The van der Waals surface area contributed by atoms with Crippen LogP contribution in [0.2, 0.25) is 0 Å². The average Bonchev–Trinajstić information content (AvgIpc) is 2.96. The van der Waals surface area contributed by atoms with Crippen molar-refractivity contribution in [2.24, 2.45) is 0 Å². The van der Waals surface area contributed by atoms with Gasteiger partial charge in [0.2, 0.25) is 0 Å². The van der Waals surface area contributed by atoms with E-state index in [0.717, 1.165) is 11.6 Å². The fourth-order valence-electron chi connectivity index (χ4n) is 2.63. The molecule has 1 aromatic heterocycles. The number of benzene rings is 2. The second kappa shape index (κ2) is 6.39. The van der Waals surface area contributed by atoms with Gasteiger partial charge in [-0.15, -0.1) is 0 Å². The van der Waals surface area contributed by atoms with Crippen molar-refractivity contribution < 1.29 is 13.2 Å². The van der Waals surface area contributed by atoms with E-state index in [9.17, 15) is 13.2 Å². The number of hydrogen-bond donors (Lipinski definition) is 1. The number of nitrogens with zero attached hydrogens (tertiary/aromatic N) is 2. The lowest BCUT2D eigenvalue weighted by molar-refractivity contribution is -0.138. The van der Waals surface area contributed by atoms with Crippen LogP contribution in [0.1, 0.15) is 22.5 Å². The second-order valence-electron chi connectivity index (χ2n) is 5.50. The van der Waals surface area contributed by atoms with Gasteiger partial charge >= 0.3 is 6.18 Å². The van der Waals surface area contributed by atoms with E-state index in [0.29, 0.717) is 18.1 Å². The summed E-state index contributed by atoms with van der Waals surface area (Å²) in [7, 11) is 0. The number of hydrogen-bond acceptors (Lipinski definition) is 2. The Morgan fingerprint density at radius 3 is 2.33 bits per heavy atom. The molecule has 0 atom stereocenters. The molecule has 0 amide bonds. The fraction of sp³-hybridized carbons (Fsp3) is 0.167. The van der Waals surface area contributed by atoms with Gasteiger partial charge in [0.25, 0.3) is 0 Å². The molecule has 2 aromatic carbocycles. The van der Waals surface area contributed by atoms with Crippen molar-refractivity contribution in [1.29, 1.82) is 0 Å². The molecular weight excluding hydrogens is 315 g/mol. The highest BCUT2D eigenvalue weighted by molar-refractivity contribution is 5.46. The number of anilines is 1. The van der Waals surface area contributed by atoms with Crippen molar-refractivity contribution in [3.63, 3.8) is 0 Å². The van der Waals surface area contributed by atoms with Gasteiger partial charge < -0.3 is 10.3 Å². The number of aromatic nitrogens is 2. The molecule has 1 heterocycles. The molecular formula is C18H16F3N3. The molecule has 0 radical (unpaired) electrons. The lowest BCUT2D eigenvalue weighted by Crippen LogP contribution is -2.12. The Kier molecular flexibility index (Phi) is 4.29. The Morgan fingerprint density at radius 2 is 1.62 bits per heavy atom. The van der Waals surface area contributed by atoms with E-state index < -0.39 is 11.7 Å². The number of halogens is 3. The summed E-state index contributed by atoms with van der Waals surface area (Å²) in [6.45, 7) is 0.468. The minimum absolute atomic E-state index is 0.107. The van der Waals surface area contributed by atoms with E-state index in [1.54, 1.807) is 24.5 Å². The first-order valence-corrected chi connectivity index (χ1v) is 7.43. The van der Waals surface area contributed by atoms with Crippen LogP contribution in [0.3, 0.4) is 0 Å². The molecule has 0 saturated carbocycles. The molecule has 2 N–H and O–H groups in total. The van der Waals surface area contributed by atoms with Gasteiger partial charge in [-0.05, 0) is 23.3 Å². The molecule has 124 valence electrons. The van der Waals surface area contributed by atoms with E-state index in [1.807, 2.05) is 22.8 Å². The van der Waals surface area contributed by atoms with Crippen LogP contribution in [0.25, 0.3) is 0 Å². The van der Waals surface area contributed by atoms with Gasteiger partial charge in [0.1, 0.15) is 5.82 Å². The summed E-state index contributed by atoms with van der Waals surface area (Å²) in [5.74, 6) is 0.565. The molecule has 0 aliphatic rings. The predicted molar refractivity (Wildman–Crippen MR) is 86.4 cm³/mol. The summed E-state index contributed by atoms with van der Waals surface area (Å²) in [5, 5.41) is 0. The molecule has 3 rings (SSSR count). The zero-order valence-electron chi connectivity index (χ0n) is 12.8. The van der Waals surface area contributed by atoms with Crippen molar-refractivity contribution in [3.8, 4) is 0 Å². The summed E-state index contributed by atoms with van der Waals surface area (Å²) in [6.07, 6.45) is -0.935. The van der Waals surface area contributed by atoms with Gasteiger partial charge in [0.15, 0.2) is 0 Å². The maximum absolute atomic E-state index is 13.1. The third kappa shape index (κ3) is 3.42. The molecule has 0 bridgehead atoms. The Labute approximate surface area is 137 Å². The van der Waals surface area contributed by atoms with E-state index >= 15 is 0 Å². The summed E-state index contributed by atoms with van der Waals surface area (Å²) < 4.78 is 41.2. The topological polar surface area (TPSA) is 43.8 Å². The molecule has 0 spiro atoms. The van der Waals surface area contributed by atoms with Gasteiger partial charge in [0, 0.05) is 24.5 Å². The van der Waals surface area contributed by atoms with E-state index in [4.69, 9.17) is 5.73 Å². The molecule has 0 saturated heterocycles. The van der Waals surface area contributed by atoms with Gasteiger partial charge in [-0.1, -0.05) is 36.4 Å². The SMILES string of the molecule is Nc1ccccc1Cn1ccnc1Cc1ccccc1C(F)(F)F. The predicted octanol–water partition coefficient (Wildman–Crippen LogP) is 4.12. The van der Waals surface area contributed by atoms with E-state index in [1.165, 1.54) is 12.1 Å². The van der Waals surface area contributed by atoms with E-state index in [2.05, 4.69) is 4.98 Å². The quantitative estimate of drug-likeness (QED) is 0.731. The second-order valence-corrected chi connectivity index (χ2v) is 5.50. The molecule has 0 unspecified atom stereocenters. The maximum Gasteiger partial charge on any atom is 0.416 e. The minimum Gasteiger partial charge on any atom is -0.398 e. The number of alkyl halides is 3. The number of imidazole rings is 1. The first-order valence-electron chi connectivity index (χ1n) is 7.43. The standard InChI is InChI=1S/C18H16F3N3/c19-18(20,21)15-7-3-1-5-13(15)11-17-23-9-10-24(17)12-14-6-2-4-8-16(14)22/h1-10H,11-12,22H2. The van der Waals surface area contributed by atoms with Gasteiger partial charge in [-0.3, -0.25) is 0 Å². The summed E-state index contributed by atoms with van der Waals surface area (Å²) in [5.41, 5.74) is 7.07. The molecule has 3 nitrogen and oxygen atoms in total. The van der Waals surface area contributed by atoms with Crippen LogP contribution in [0, 0.1) is 0 Å². The largest absolute Gasteiger partial charge is 0.416 e. The maximum atomic E-state index is 13.1.